The van der Waals surface area contributed by atoms with Crippen LogP contribution in [-0.4, -0.2) is 28.8 Å². The van der Waals surface area contributed by atoms with Gasteiger partial charge in [-0.25, -0.2) is 0 Å². The topological polar surface area (TPSA) is 66.4 Å². The maximum Gasteiger partial charge on any atom is 0.303 e. The van der Waals surface area contributed by atoms with Crippen molar-refractivity contribution in [3.05, 3.63) is 29.3 Å². The number of nitrogens with one attached hydrogen (secondary N) is 1. The third kappa shape index (κ3) is 7.40. The second-order valence-electron chi connectivity index (χ2n) is 4.50. The summed E-state index contributed by atoms with van der Waals surface area (Å²) < 4.78 is 0. The van der Waals surface area contributed by atoms with E-state index in [0.717, 1.165) is 4.90 Å². The summed E-state index contributed by atoms with van der Waals surface area (Å²) in [6.07, 6.45) is 1.38. The van der Waals surface area contributed by atoms with Gasteiger partial charge in [0.1, 0.15) is 0 Å². The normalized spacial score (nSPS) is 11.9. The first-order valence-corrected chi connectivity index (χ1v) is 7.73. The van der Waals surface area contributed by atoms with Crippen molar-refractivity contribution in [1.82, 2.24) is 5.32 Å². The van der Waals surface area contributed by atoms with Crippen LogP contribution in [0.1, 0.15) is 26.2 Å². The molecule has 0 fully saturated rings. The Labute approximate surface area is 127 Å². The Morgan fingerprint density at radius 1 is 1.35 bits per heavy atom. The first-order chi connectivity index (χ1) is 9.47. The SMILES string of the molecule is CC(CCCC(=O)O)NC(=O)CSc1ccc(Cl)cc1. The lowest BCUT2D eigenvalue weighted by Gasteiger charge is -2.13. The first-order valence-electron chi connectivity index (χ1n) is 6.37. The lowest BCUT2D eigenvalue weighted by atomic mass is 10.1. The van der Waals surface area contributed by atoms with E-state index in [1.54, 1.807) is 12.1 Å². The van der Waals surface area contributed by atoms with Crippen molar-refractivity contribution in [2.45, 2.75) is 37.1 Å². The number of hydrogen-bond acceptors (Lipinski definition) is 3. The van der Waals surface area contributed by atoms with Crippen LogP contribution in [0, 0.1) is 0 Å². The highest BCUT2D eigenvalue weighted by Crippen LogP contribution is 2.20. The fraction of sp³-hybridized carbons (Fsp3) is 0.429. The Balaban J connectivity index is 2.22. The van der Waals surface area contributed by atoms with Crippen molar-refractivity contribution < 1.29 is 14.7 Å². The molecule has 20 heavy (non-hydrogen) atoms. The summed E-state index contributed by atoms with van der Waals surface area (Å²) in [4.78, 5) is 23.1. The lowest BCUT2D eigenvalue weighted by Crippen LogP contribution is -2.33. The highest BCUT2D eigenvalue weighted by atomic mass is 35.5. The maximum atomic E-state index is 11.7. The van der Waals surface area contributed by atoms with Crippen molar-refractivity contribution in [1.29, 1.82) is 0 Å². The smallest absolute Gasteiger partial charge is 0.303 e. The minimum atomic E-state index is -0.804. The summed E-state index contributed by atoms with van der Waals surface area (Å²) in [5, 5.41) is 12.1. The second-order valence-corrected chi connectivity index (χ2v) is 5.98. The summed E-state index contributed by atoms with van der Waals surface area (Å²) in [6.45, 7) is 1.88. The molecule has 1 amide bonds. The van der Waals surface area contributed by atoms with Gasteiger partial charge in [-0.3, -0.25) is 9.59 Å². The van der Waals surface area contributed by atoms with Gasteiger partial charge >= 0.3 is 5.97 Å². The van der Waals surface area contributed by atoms with Crippen LogP contribution in [0.3, 0.4) is 0 Å². The third-order valence-corrected chi connectivity index (χ3v) is 3.88. The summed E-state index contributed by atoms with van der Waals surface area (Å²) in [5.74, 6) is -0.514. The molecule has 1 unspecified atom stereocenters. The molecule has 0 aliphatic carbocycles. The van der Waals surface area contributed by atoms with Crippen LogP contribution in [-0.2, 0) is 9.59 Å². The molecule has 0 radical (unpaired) electrons. The zero-order valence-corrected chi connectivity index (χ0v) is 12.8. The second kappa shape index (κ2) is 8.87. The van der Waals surface area contributed by atoms with Gasteiger partial charge < -0.3 is 10.4 Å². The zero-order chi connectivity index (χ0) is 15.0. The van der Waals surface area contributed by atoms with E-state index in [9.17, 15) is 9.59 Å². The molecule has 1 aromatic carbocycles. The Kier molecular flexibility index (Phi) is 7.47. The summed E-state index contributed by atoms with van der Waals surface area (Å²) >= 11 is 7.23. The number of carbonyl (C=O) groups is 2. The number of halogens is 1. The van der Waals surface area contributed by atoms with E-state index in [2.05, 4.69) is 5.32 Å². The van der Waals surface area contributed by atoms with Crippen LogP contribution in [0.25, 0.3) is 0 Å². The summed E-state index contributed by atoms with van der Waals surface area (Å²) in [6, 6.07) is 7.31. The van der Waals surface area contributed by atoms with Crippen LogP contribution < -0.4 is 5.32 Å². The molecule has 1 rings (SSSR count). The number of thioether (sulfide) groups is 1. The Morgan fingerprint density at radius 3 is 2.60 bits per heavy atom. The van der Waals surface area contributed by atoms with E-state index >= 15 is 0 Å². The molecule has 0 spiro atoms. The van der Waals surface area contributed by atoms with E-state index in [1.807, 2.05) is 19.1 Å². The predicted molar refractivity (Wildman–Crippen MR) is 81.3 cm³/mol. The van der Waals surface area contributed by atoms with Crippen LogP contribution in [0.4, 0.5) is 0 Å². The van der Waals surface area contributed by atoms with E-state index < -0.39 is 5.97 Å². The van der Waals surface area contributed by atoms with Gasteiger partial charge in [-0.15, -0.1) is 11.8 Å². The average Bonchev–Trinajstić information content (AvgIpc) is 2.37. The highest BCUT2D eigenvalue weighted by molar-refractivity contribution is 8.00. The Morgan fingerprint density at radius 2 is 2.00 bits per heavy atom. The molecule has 6 heteroatoms. The predicted octanol–water partition coefficient (Wildman–Crippen LogP) is 3.19. The van der Waals surface area contributed by atoms with E-state index in [4.69, 9.17) is 16.7 Å². The number of carboxylic acids is 1. The number of benzene rings is 1. The third-order valence-electron chi connectivity index (χ3n) is 2.62. The van der Waals surface area contributed by atoms with E-state index in [-0.39, 0.29) is 18.4 Å². The van der Waals surface area contributed by atoms with Crippen LogP contribution >= 0.6 is 23.4 Å². The molecular formula is C14H18ClNO3S. The van der Waals surface area contributed by atoms with E-state index in [0.29, 0.717) is 23.6 Å². The number of aliphatic carboxylic acids is 1. The molecule has 1 atom stereocenters. The average molecular weight is 316 g/mol. The number of amides is 1. The van der Waals surface area contributed by atoms with Gasteiger partial charge in [-0.05, 0) is 44.0 Å². The molecule has 0 saturated heterocycles. The number of rotatable bonds is 8. The van der Waals surface area contributed by atoms with Crippen molar-refractivity contribution in [2.24, 2.45) is 0 Å². The fourth-order valence-corrected chi connectivity index (χ4v) is 2.46. The van der Waals surface area contributed by atoms with Crippen molar-refractivity contribution in [3.63, 3.8) is 0 Å². The molecular weight excluding hydrogens is 298 g/mol. The minimum Gasteiger partial charge on any atom is -0.481 e. The van der Waals surface area contributed by atoms with Gasteiger partial charge in [0.2, 0.25) is 5.91 Å². The Bertz CT molecular complexity index is 450. The number of carbonyl (C=O) groups excluding carboxylic acids is 1. The van der Waals surface area contributed by atoms with Gasteiger partial charge in [0, 0.05) is 22.4 Å². The molecule has 0 aliphatic rings. The zero-order valence-electron chi connectivity index (χ0n) is 11.3. The molecule has 2 N–H and O–H groups in total. The molecule has 0 bridgehead atoms. The van der Waals surface area contributed by atoms with Crippen molar-refractivity contribution >= 4 is 35.2 Å². The minimum absolute atomic E-state index is 0.00679. The first kappa shape index (κ1) is 16.9. The van der Waals surface area contributed by atoms with Crippen LogP contribution in [0.15, 0.2) is 29.2 Å². The molecule has 0 aromatic heterocycles. The van der Waals surface area contributed by atoms with Gasteiger partial charge in [0.25, 0.3) is 0 Å². The van der Waals surface area contributed by atoms with Crippen LogP contribution in [0.2, 0.25) is 5.02 Å². The molecule has 1 aromatic rings. The van der Waals surface area contributed by atoms with Crippen molar-refractivity contribution in [3.8, 4) is 0 Å². The van der Waals surface area contributed by atoms with Gasteiger partial charge in [-0.2, -0.15) is 0 Å². The molecule has 0 heterocycles. The standard InChI is InChI=1S/C14H18ClNO3S/c1-10(3-2-4-14(18)19)16-13(17)9-20-12-7-5-11(15)6-8-12/h5-8,10H,2-4,9H2,1H3,(H,16,17)(H,18,19). The fourth-order valence-electron chi connectivity index (χ4n) is 1.63. The lowest BCUT2D eigenvalue weighted by molar-refractivity contribution is -0.137. The number of hydrogen-bond donors (Lipinski definition) is 2. The molecule has 110 valence electrons. The molecule has 4 nitrogen and oxygen atoms in total. The Hall–Kier alpha value is -1.20. The highest BCUT2D eigenvalue weighted by Gasteiger charge is 2.08. The van der Waals surface area contributed by atoms with Gasteiger partial charge in [0.15, 0.2) is 0 Å². The van der Waals surface area contributed by atoms with Gasteiger partial charge in [-0.1, -0.05) is 11.6 Å². The monoisotopic (exact) mass is 315 g/mol. The van der Waals surface area contributed by atoms with Crippen LogP contribution in [0.5, 0.6) is 0 Å². The largest absolute Gasteiger partial charge is 0.481 e. The maximum absolute atomic E-state index is 11.7. The quantitative estimate of drug-likeness (QED) is 0.723. The van der Waals surface area contributed by atoms with Crippen molar-refractivity contribution in [2.75, 3.05) is 5.75 Å². The van der Waals surface area contributed by atoms with Gasteiger partial charge in [0.05, 0.1) is 5.75 Å². The van der Waals surface area contributed by atoms with E-state index in [1.165, 1.54) is 11.8 Å². The summed E-state index contributed by atoms with van der Waals surface area (Å²) in [5.41, 5.74) is 0. The number of carboxylic acid groups (broad SMARTS) is 1. The summed E-state index contributed by atoms with van der Waals surface area (Å²) in [7, 11) is 0. The molecule has 0 saturated carbocycles. The molecule has 0 aliphatic heterocycles.